The smallest absolute Gasteiger partial charge is 0.311 e. The molecule has 0 aliphatic carbocycles. The molecule has 0 bridgehead atoms. The standard InChI is InChI=1S/C15H25N2O6PS/c1-10(2)14(17-25(3,22)23)24(20,21)9-13(15(18)19)12-6-4-5-11(7-12)8-16/h4-7,10,13-14,17H,8-9,16H2,1-3H3,(H,18,19)(H,20,21). The zero-order valence-corrected chi connectivity index (χ0v) is 16.1. The highest BCUT2D eigenvalue weighted by molar-refractivity contribution is 7.89. The Labute approximate surface area is 147 Å². The molecule has 142 valence electrons. The van der Waals surface area contributed by atoms with Crippen LogP contribution in [0.1, 0.15) is 30.9 Å². The van der Waals surface area contributed by atoms with Crippen molar-refractivity contribution in [3.63, 3.8) is 0 Å². The van der Waals surface area contributed by atoms with Gasteiger partial charge >= 0.3 is 5.97 Å². The fourth-order valence-electron chi connectivity index (χ4n) is 2.54. The van der Waals surface area contributed by atoms with Crippen LogP contribution in [0.2, 0.25) is 0 Å². The molecule has 1 rings (SSSR count). The average molecular weight is 392 g/mol. The third kappa shape index (κ3) is 6.52. The highest BCUT2D eigenvalue weighted by Gasteiger charge is 2.39. The number of benzene rings is 1. The summed E-state index contributed by atoms with van der Waals surface area (Å²) in [6.07, 6.45) is 0.309. The van der Waals surface area contributed by atoms with Gasteiger partial charge in [0.2, 0.25) is 17.4 Å². The van der Waals surface area contributed by atoms with Crippen LogP contribution in [-0.2, 0) is 25.9 Å². The van der Waals surface area contributed by atoms with Crippen LogP contribution < -0.4 is 10.5 Å². The SMILES string of the molecule is CC(C)C(NS(C)(=O)=O)P(=O)(O)CC(C(=O)O)c1cccc(CN)c1. The van der Waals surface area contributed by atoms with Gasteiger partial charge in [-0.25, -0.2) is 13.1 Å². The van der Waals surface area contributed by atoms with Gasteiger partial charge in [0.25, 0.3) is 0 Å². The van der Waals surface area contributed by atoms with E-state index in [2.05, 4.69) is 4.72 Å². The summed E-state index contributed by atoms with van der Waals surface area (Å²) in [4.78, 5) is 22.1. The van der Waals surface area contributed by atoms with E-state index in [-0.39, 0.29) is 6.54 Å². The van der Waals surface area contributed by atoms with E-state index in [1.54, 1.807) is 38.1 Å². The van der Waals surface area contributed by atoms with Crippen LogP contribution in [0, 0.1) is 5.92 Å². The number of hydrogen-bond acceptors (Lipinski definition) is 5. The zero-order chi connectivity index (χ0) is 19.4. The van der Waals surface area contributed by atoms with Crippen molar-refractivity contribution in [3.05, 3.63) is 35.4 Å². The molecule has 5 N–H and O–H groups in total. The van der Waals surface area contributed by atoms with E-state index < -0.39 is 47.1 Å². The van der Waals surface area contributed by atoms with E-state index in [0.29, 0.717) is 11.1 Å². The van der Waals surface area contributed by atoms with Gasteiger partial charge in [-0.05, 0) is 17.0 Å². The number of nitrogens with two attached hydrogens (primary N) is 1. The summed E-state index contributed by atoms with van der Waals surface area (Å²) in [7, 11) is -7.89. The second kappa shape index (κ2) is 8.42. The first-order valence-electron chi connectivity index (χ1n) is 7.68. The summed E-state index contributed by atoms with van der Waals surface area (Å²) in [6, 6.07) is 6.48. The maximum Gasteiger partial charge on any atom is 0.311 e. The minimum atomic E-state index is -4.16. The fourth-order valence-corrected chi connectivity index (χ4v) is 6.53. The number of rotatable bonds is 9. The summed E-state index contributed by atoms with van der Waals surface area (Å²) in [5.41, 5.74) is 6.60. The Morgan fingerprint density at radius 2 is 1.96 bits per heavy atom. The van der Waals surface area contributed by atoms with Crippen LogP contribution in [0.4, 0.5) is 0 Å². The average Bonchev–Trinajstić information content (AvgIpc) is 2.49. The molecule has 3 unspecified atom stereocenters. The van der Waals surface area contributed by atoms with Gasteiger partial charge < -0.3 is 15.7 Å². The Bertz CT molecular complexity index is 765. The molecule has 0 aliphatic heterocycles. The van der Waals surface area contributed by atoms with Crippen LogP contribution in [0.5, 0.6) is 0 Å². The Morgan fingerprint density at radius 1 is 1.36 bits per heavy atom. The van der Waals surface area contributed by atoms with E-state index in [4.69, 9.17) is 5.73 Å². The highest BCUT2D eigenvalue weighted by atomic mass is 32.2. The van der Waals surface area contributed by atoms with Crippen LogP contribution in [0.3, 0.4) is 0 Å². The normalized spacial score (nSPS) is 17.0. The maximum absolute atomic E-state index is 12.8. The quantitative estimate of drug-likeness (QED) is 0.460. The van der Waals surface area contributed by atoms with Gasteiger partial charge in [-0.2, -0.15) is 0 Å². The molecule has 25 heavy (non-hydrogen) atoms. The van der Waals surface area contributed by atoms with Crippen molar-refractivity contribution in [3.8, 4) is 0 Å². The van der Waals surface area contributed by atoms with Crippen molar-refractivity contribution in [2.45, 2.75) is 32.1 Å². The first-order valence-corrected chi connectivity index (χ1v) is 11.5. The van der Waals surface area contributed by atoms with Crippen LogP contribution in [0.25, 0.3) is 0 Å². The molecule has 10 heteroatoms. The van der Waals surface area contributed by atoms with E-state index in [1.165, 1.54) is 0 Å². The van der Waals surface area contributed by atoms with Gasteiger partial charge in [0.15, 0.2) is 0 Å². The molecule has 0 saturated heterocycles. The molecule has 1 aromatic carbocycles. The topological polar surface area (TPSA) is 147 Å². The summed E-state index contributed by atoms with van der Waals surface area (Å²) in [5.74, 6) is -4.26. The van der Waals surface area contributed by atoms with Crippen molar-refractivity contribution in [2.75, 3.05) is 12.4 Å². The maximum atomic E-state index is 12.8. The lowest BCUT2D eigenvalue weighted by atomic mass is 9.99. The van der Waals surface area contributed by atoms with Crippen molar-refractivity contribution >= 4 is 23.4 Å². The number of carbonyl (C=O) groups is 1. The number of nitrogens with one attached hydrogen (secondary N) is 1. The number of sulfonamides is 1. The lowest BCUT2D eigenvalue weighted by Crippen LogP contribution is -2.39. The lowest BCUT2D eigenvalue weighted by Gasteiger charge is -2.28. The molecule has 1 aromatic rings. The van der Waals surface area contributed by atoms with Gasteiger partial charge in [0.05, 0.1) is 12.2 Å². The summed E-state index contributed by atoms with van der Waals surface area (Å²) in [6.45, 7) is 3.40. The summed E-state index contributed by atoms with van der Waals surface area (Å²) >= 11 is 0. The van der Waals surface area contributed by atoms with Crippen molar-refractivity contribution < 1.29 is 27.8 Å². The molecular formula is C15H25N2O6PS. The van der Waals surface area contributed by atoms with Gasteiger partial charge in [-0.15, -0.1) is 0 Å². The fraction of sp³-hybridized carbons (Fsp3) is 0.533. The molecule has 0 aromatic heterocycles. The Kier molecular flexibility index (Phi) is 7.34. The predicted octanol–water partition coefficient (Wildman–Crippen LogP) is 1.12. The van der Waals surface area contributed by atoms with Crippen LogP contribution in [-0.4, -0.2) is 42.6 Å². The Balaban J connectivity index is 3.21. The summed E-state index contributed by atoms with van der Waals surface area (Å²) < 4.78 is 38.0. The van der Waals surface area contributed by atoms with Gasteiger partial charge in [-0.3, -0.25) is 9.36 Å². The van der Waals surface area contributed by atoms with Crippen molar-refractivity contribution in [1.29, 1.82) is 0 Å². The molecule has 0 aliphatic rings. The lowest BCUT2D eigenvalue weighted by molar-refractivity contribution is -0.138. The molecular weight excluding hydrogens is 367 g/mol. The summed E-state index contributed by atoms with van der Waals surface area (Å²) in [5, 5.41) is 9.50. The predicted molar refractivity (Wildman–Crippen MR) is 96.0 cm³/mol. The Hall–Kier alpha value is -1.25. The molecule has 0 heterocycles. The van der Waals surface area contributed by atoms with Gasteiger partial charge in [0, 0.05) is 12.7 Å². The molecule has 0 fully saturated rings. The minimum Gasteiger partial charge on any atom is -0.481 e. The highest BCUT2D eigenvalue weighted by Crippen LogP contribution is 2.51. The monoisotopic (exact) mass is 392 g/mol. The second-order valence-electron chi connectivity index (χ2n) is 6.36. The van der Waals surface area contributed by atoms with E-state index in [0.717, 1.165) is 6.26 Å². The van der Waals surface area contributed by atoms with Crippen molar-refractivity contribution in [2.24, 2.45) is 11.7 Å². The molecule has 0 spiro atoms. The number of aliphatic carboxylic acids is 1. The zero-order valence-electron chi connectivity index (χ0n) is 14.4. The molecule has 0 saturated carbocycles. The third-order valence-corrected chi connectivity index (χ3v) is 7.07. The van der Waals surface area contributed by atoms with E-state index >= 15 is 0 Å². The molecule has 8 nitrogen and oxygen atoms in total. The number of hydrogen-bond donors (Lipinski definition) is 4. The molecule has 0 amide bonds. The van der Waals surface area contributed by atoms with Crippen molar-refractivity contribution in [1.82, 2.24) is 4.72 Å². The van der Waals surface area contributed by atoms with Gasteiger partial charge in [-0.1, -0.05) is 38.1 Å². The van der Waals surface area contributed by atoms with E-state index in [1.807, 2.05) is 0 Å². The first kappa shape index (κ1) is 21.8. The second-order valence-corrected chi connectivity index (χ2v) is 10.6. The number of carboxylic acids is 1. The van der Waals surface area contributed by atoms with E-state index in [9.17, 15) is 27.8 Å². The molecule has 3 atom stereocenters. The van der Waals surface area contributed by atoms with Gasteiger partial charge in [0.1, 0.15) is 5.78 Å². The first-order chi connectivity index (χ1) is 11.4. The number of carboxylic acid groups (broad SMARTS) is 1. The van der Waals surface area contributed by atoms with Crippen LogP contribution >= 0.6 is 7.37 Å². The minimum absolute atomic E-state index is 0.210. The Morgan fingerprint density at radius 3 is 2.40 bits per heavy atom. The third-order valence-electron chi connectivity index (χ3n) is 3.73. The van der Waals surface area contributed by atoms with Crippen LogP contribution in [0.15, 0.2) is 24.3 Å². The largest absolute Gasteiger partial charge is 0.481 e. The molecule has 0 radical (unpaired) electrons.